The molecule has 0 aromatic heterocycles. The van der Waals surface area contributed by atoms with Gasteiger partial charge in [-0.1, -0.05) is 18.2 Å². The van der Waals surface area contributed by atoms with Crippen LogP contribution in [0.15, 0.2) is 11.6 Å². The van der Waals surface area contributed by atoms with Gasteiger partial charge in [-0.3, -0.25) is 9.69 Å². The molecule has 1 atom stereocenters. The van der Waals surface area contributed by atoms with Crippen molar-refractivity contribution < 1.29 is 23.9 Å². The third kappa shape index (κ3) is 5.38. The number of ether oxygens (including phenoxy) is 2. The minimum absolute atomic E-state index is 0.135. The van der Waals surface area contributed by atoms with Crippen molar-refractivity contribution in [3.8, 4) is 0 Å². The van der Waals surface area contributed by atoms with Crippen LogP contribution in [0.25, 0.3) is 0 Å². The van der Waals surface area contributed by atoms with Crippen LogP contribution < -0.4 is 0 Å². The monoisotopic (exact) mass is 317 g/mol. The number of likely N-dealkylation sites (tertiary alicyclic amines) is 1. The summed E-state index contributed by atoms with van der Waals surface area (Å²) in [5.41, 5.74) is -0.712. The first-order valence-electron chi connectivity index (χ1n) is 6.64. The molecular formula is C14H20ClNO5. The Kier molecular flexibility index (Phi) is 5.78. The van der Waals surface area contributed by atoms with Crippen molar-refractivity contribution in [1.29, 1.82) is 0 Å². The molecule has 118 valence electrons. The summed E-state index contributed by atoms with van der Waals surface area (Å²) in [5.74, 6) is -1.18. The van der Waals surface area contributed by atoms with Gasteiger partial charge in [0.1, 0.15) is 12.2 Å². The summed E-state index contributed by atoms with van der Waals surface area (Å²) in [7, 11) is 0. The van der Waals surface area contributed by atoms with Gasteiger partial charge in [-0.15, -0.1) is 0 Å². The maximum absolute atomic E-state index is 12.1. The Bertz CT molecular complexity index is 455. The van der Waals surface area contributed by atoms with Gasteiger partial charge in [-0.2, -0.15) is 0 Å². The van der Waals surface area contributed by atoms with E-state index < -0.39 is 23.7 Å². The van der Waals surface area contributed by atoms with Crippen LogP contribution in [0.1, 0.15) is 33.6 Å². The Morgan fingerprint density at radius 3 is 2.57 bits per heavy atom. The van der Waals surface area contributed by atoms with E-state index in [1.807, 2.05) is 0 Å². The second-order valence-electron chi connectivity index (χ2n) is 5.77. The van der Waals surface area contributed by atoms with Gasteiger partial charge in [0, 0.05) is 18.0 Å². The molecule has 0 aromatic carbocycles. The quantitative estimate of drug-likeness (QED) is 0.589. The fourth-order valence-electron chi connectivity index (χ4n) is 1.87. The van der Waals surface area contributed by atoms with E-state index in [4.69, 9.17) is 21.1 Å². The van der Waals surface area contributed by atoms with Crippen LogP contribution >= 0.6 is 11.6 Å². The second kappa shape index (κ2) is 6.93. The van der Waals surface area contributed by atoms with Gasteiger partial charge in [0.15, 0.2) is 11.8 Å². The molecule has 0 spiro atoms. The molecule has 0 N–H and O–H groups in total. The summed E-state index contributed by atoms with van der Waals surface area (Å²) in [6.07, 6.45) is 0.00695. The summed E-state index contributed by atoms with van der Waals surface area (Å²) in [6.45, 7) is 8.59. The van der Waals surface area contributed by atoms with Gasteiger partial charge in [0.05, 0.1) is 0 Å². The molecule has 6 nitrogen and oxygen atoms in total. The lowest BCUT2D eigenvalue weighted by Crippen LogP contribution is -2.54. The lowest BCUT2D eigenvalue weighted by Gasteiger charge is -2.34. The fourth-order valence-corrected chi connectivity index (χ4v) is 1.92. The first-order valence-corrected chi connectivity index (χ1v) is 7.02. The lowest BCUT2D eigenvalue weighted by molar-refractivity contribution is -0.154. The van der Waals surface area contributed by atoms with E-state index in [-0.39, 0.29) is 30.4 Å². The highest BCUT2D eigenvalue weighted by Crippen LogP contribution is 2.19. The summed E-state index contributed by atoms with van der Waals surface area (Å²) in [5, 5.41) is 0.135. The standard InChI is InChI=1S/C14H20ClNO5/c1-9(15)8-20-12(18)11-10(17)6-5-7-16(11)13(19)21-14(2,3)4/h11H,1,5-8H2,2-4H3. The molecule has 1 saturated heterocycles. The Labute approximate surface area is 129 Å². The maximum atomic E-state index is 12.1. The molecule has 0 aromatic rings. The van der Waals surface area contributed by atoms with Gasteiger partial charge in [-0.25, -0.2) is 9.59 Å². The summed E-state index contributed by atoms with van der Waals surface area (Å²) < 4.78 is 10.1. The zero-order valence-corrected chi connectivity index (χ0v) is 13.2. The maximum Gasteiger partial charge on any atom is 0.411 e. The van der Waals surface area contributed by atoms with E-state index >= 15 is 0 Å². The molecule has 0 bridgehead atoms. The molecule has 1 aliphatic heterocycles. The predicted octanol–water partition coefficient (Wildman–Crippen LogP) is 2.25. The molecule has 1 aliphatic rings. The van der Waals surface area contributed by atoms with Gasteiger partial charge in [0.2, 0.25) is 0 Å². The van der Waals surface area contributed by atoms with Crippen molar-refractivity contribution in [3.05, 3.63) is 11.6 Å². The van der Waals surface area contributed by atoms with E-state index in [0.29, 0.717) is 6.42 Å². The number of Topliss-reactive ketones (excluding diaryl/α,β-unsaturated/α-hetero) is 1. The van der Waals surface area contributed by atoms with Crippen molar-refractivity contribution in [2.24, 2.45) is 0 Å². The second-order valence-corrected chi connectivity index (χ2v) is 6.31. The first kappa shape index (κ1) is 17.5. The highest BCUT2D eigenvalue weighted by atomic mass is 35.5. The summed E-state index contributed by atoms with van der Waals surface area (Å²) >= 11 is 5.52. The molecule has 1 rings (SSSR count). The number of amides is 1. The number of nitrogens with zero attached hydrogens (tertiary/aromatic N) is 1. The molecule has 1 heterocycles. The molecule has 21 heavy (non-hydrogen) atoms. The van der Waals surface area contributed by atoms with Gasteiger partial charge in [-0.05, 0) is 27.2 Å². The van der Waals surface area contributed by atoms with Crippen LogP contribution in [0.3, 0.4) is 0 Å². The molecule has 1 fully saturated rings. The summed E-state index contributed by atoms with van der Waals surface area (Å²) in [4.78, 5) is 37.2. The van der Waals surface area contributed by atoms with E-state index in [1.165, 1.54) is 0 Å². The number of carbonyl (C=O) groups excluding carboxylic acids is 3. The average Bonchev–Trinajstić information content (AvgIpc) is 2.33. The summed E-state index contributed by atoms with van der Waals surface area (Å²) in [6, 6.07) is -1.27. The molecule has 0 aliphatic carbocycles. The zero-order valence-electron chi connectivity index (χ0n) is 12.5. The smallest absolute Gasteiger partial charge is 0.411 e. The van der Waals surface area contributed by atoms with Crippen molar-refractivity contribution >= 4 is 29.4 Å². The number of rotatable bonds is 3. The predicted molar refractivity (Wildman–Crippen MR) is 76.9 cm³/mol. The normalized spacial score (nSPS) is 19.1. The van der Waals surface area contributed by atoms with E-state index in [1.54, 1.807) is 20.8 Å². The number of piperidine rings is 1. The number of ketones is 1. The SMILES string of the molecule is C=C(Cl)COC(=O)C1C(=O)CCCN1C(=O)OC(C)(C)C. The number of esters is 1. The van der Waals surface area contributed by atoms with E-state index in [2.05, 4.69) is 6.58 Å². The number of hydrogen-bond donors (Lipinski definition) is 0. The fraction of sp³-hybridized carbons (Fsp3) is 0.643. The molecule has 0 saturated carbocycles. The minimum atomic E-state index is -1.27. The minimum Gasteiger partial charge on any atom is -0.458 e. The van der Waals surface area contributed by atoms with Crippen LogP contribution in [0.5, 0.6) is 0 Å². The van der Waals surface area contributed by atoms with E-state index in [0.717, 1.165) is 4.90 Å². The van der Waals surface area contributed by atoms with Crippen LogP contribution in [0.2, 0.25) is 0 Å². The van der Waals surface area contributed by atoms with Crippen molar-refractivity contribution in [1.82, 2.24) is 4.90 Å². The third-order valence-corrected chi connectivity index (χ3v) is 2.77. The Hall–Kier alpha value is -1.56. The van der Waals surface area contributed by atoms with Crippen molar-refractivity contribution in [3.63, 3.8) is 0 Å². The molecule has 0 radical (unpaired) electrons. The third-order valence-electron chi connectivity index (χ3n) is 2.66. The number of halogens is 1. The van der Waals surface area contributed by atoms with E-state index in [9.17, 15) is 14.4 Å². The van der Waals surface area contributed by atoms with Crippen LogP contribution in [-0.2, 0) is 19.1 Å². The Balaban J connectivity index is 2.83. The highest BCUT2D eigenvalue weighted by molar-refractivity contribution is 6.29. The number of hydrogen-bond acceptors (Lipinski definition) is 5. The van der Waals surface area contributed by atoms with Gasteiger partial charge < -0.3 is 9.47 Å². The Morgan fingerprint density at radius 2 is 2.05 bits per heavy atom. The molecule has 1 unspecified atom stereocenters. The highest BCUT2D eigenvalue weighted by Gasteiger charge is 2.41. The molecular weight excluding hydrogens is 298 g/mol. The zero-order chi connectivity index (χ0) is 16.2. The van der Waals surface area contributed by atoms with Crippen molar-refractivity contribution in [2.75, 3.05) is 13.2 Å². The molecule has 7 heteroatoms. The largest absolute Gasteiger partial charge is 0.458 e. The van der Waals surface area contributed by atoms with Crippen molar-refractivity contribution in [2.45, 2.75) is 45.3 Å². The van der Waals surface area contributed by atoms with Crippen LogP contribution in [-0.4, -0.2) is 47.5 Å². The Morgan fingerprint density at radius 1 is 1.43 bits per heavy atom. The molecule has 1 amide bonds. The topological polar surface area (TPSA) is 72.9 Å². The average molecular weight is 318 g/mol. The van der Waals surface area contributed by atoms with Crippen LogP contribution in [0, 0.1) is 0 Å². The van der Waals surface area contributed by atoms with Crippen LogP contribution in [0.4, 0.5) is 4.79 Å². The van der Waals surface area contributed by atoms with Gasteiger partial charge in [0.25, 0.3) is 0 Å². The first-order chi connectivity index (χ1) is 9.61. The lowest BCUT2D eigenvalue weighted by atomic mass is 10.0. The number of carbonyl (C=O) groups is 3. The van der Waals surface area contributed by atoms with Gasteiger partial charge >= 0.3 is 12.1 Å².